The maximum atomic E-state index is 5.24. The maximum Gasteiger partial charge on any atom is 0.278 e. The second kappa shape index (κ2) is 4.10. The predicted octanol–water partition coefficient (Wildman–Crippen LogP) is 2.45. The Kier molecular flexibility index (Phi) is 2.44. The molecule has 1 aromatic carbocycles. The van der Waals surface area contributed by atoms with Crippen LogP contribution in [0.2, 0.25) is 0 Å². The summed E-state index contributed by atoms with van der Waals surface area (Å²) < 4.78 is 7.02. The zero-order valence-electron chi connectivity index (χ0n) is 10.2. The van der Waals surface area contributed by atoms with Gasteiger partial charge in [0.05, 0.1) is 0 Å². The fraction of sp³-hybridized carbons (Fsp3) is 0.154. The van der Waals surface area contributed by atoms with Crippen molar-refractivity contribution in [2.24, 2.45) is 7.05 Å². The molecule has 5 nitrogen and oxygen atoms in total. The van der Waals surface area contributed by atoms with Gasteiger partial charge in [-0.15, -0.1) is 0 Å². The minimum Gasteiger partial charge on any atom is -0.332 e. The van der Waals surface area contributed by atoms with E-state index in [0.29, 0.717) is 17.4 Å². The van der Waals surface area contributed by atoms with Crippen molar-refractivity contribution in [1.82, 2.24) is 19.9 Å². The van der Waals surface area contributed by atoms with Crippen LogP contribution < -0.4 is 0 Å². The van der Waals surface area contributed by atoms with E-state index in [9.17, 15) is 0 Å². The van der Waals surface area contributed by atoms with Gasteiger partial charge in [-0.05, 0) is 13.0 Å². The first-order valence-electron chi connectivity index (χ1n) is 5.64. The SMILES string of the molecule is Cc1cc(-c2nc(-c3ccccc3)no2)nn1C. The molecule has 0 N–H and O–H groups in total. The summed E-state index contributed by atoms with van der Waals surface area (Å²) in [5.41, 5.74) is 2.68. The van der Waals surface area contributed by atoms with Crippen LogP contribution in [0, 0.1) is 6.92 Å². The number of hydrogen-bond acceptors (Lipinski definition) is 4. The number of aryl methyl sites for hydroxylation is 2. The van der Waals surface area contributed by atoms with E-state index >= 15 is 0 Å². The number of hydrogen-bond donors (Lipinski definition) is 0. The van der Waals surface area contributed by atoms with E-state index in [-0.39, 0.29) is 0 Å². The van der Waals surface area contributed by atoms with Crippen molar-refractivity contribution < 1.29 is 4.52 Å². The summed E-state index contributed by atoms with van der Waals surface area (Å²) in [6.45, 7) is 1.98. The second-order valence-corrected chi connectivity index (χ2v) is 4.08. The summed E-state index contributed by atoms with van der Waals surface area (Å²) in [6, 6.07) is 11.6. The van der Waals surface area contributed by atoms with Crippen LogP contribution in [0.25, 0.3) is 23.0 Å². The minimum absolute atomic E-state index is 0.442. The van der Waals surface area contributed by atoms with Crippen LogP contribution in [-0.4, -0.2) is 19.9 Å². The molecule has 90 valence electrons. The molecule has 0 aliphatic rings. The third-order valence-electron chi connectivity index (χ3n) is 2.79. The molecule has 3 aromatic rings. The molecule has 18 heavy (non-hydrogen) atoms. The van der Waals surface area contributed by atoms with Crippen LogP contribution in [0.1, 0.15) is 5.69 Å². The molecule has 0 unspecified atom stereocenters. The summed E-state index contributed by atoms with van der Waals surface area (Å²) in [4.78, 5) is 4.35. The van der Waals surface area contributed by atoms with E-state index in [2.05, 4.69) is 15.2 Å². The molecule has 2 aromatic heterocycles. The average molecular weight is 240 g/mol. The lowest BCUT2D eigenvalue weighted by atomic mass is 10.2. The van der Waals surface area contributed by atoms with E-state index in [0.717, 1.165) is 11.3 Å². The van der Waals surface area contributed by atoms with Crippen molar-refractivity contribution in [2.75, 3.05) is 0 Å². The molecule has 5 heteroatoms. The molecule has 0 saturated carbocycles. The van der Waals surface area contributed by atoms with E-state index in [1.807, 2.05) is 50.4 Å². The highest BCUT2D eigenvalue weighted by molar-refractivity contribution is 5.57. The van der Waals surface area contributed by atoms with Crippen LogP contribution >= 0.6 is 0 Å². The fourth-order valence-electron chi connectivity index (χ4n) is 1.70. The zero-order chi connectivity index (χ0) is 12.5. The number of benzene rings is 1. The molecular weight excluding hydrogens is 228 g/mol. The van der Waals surface area contributed by atoms with Gasteiger partial charge in [-0.1, -0.05) is 35.5 Å². The summed E-state index contributed by atoms with van der Waals surface area (Å²) in [5, 5.41) is 8.27. The molecule has 0 aliphatic carbocycles. The third kappa shape index (κ3) is 1.79. The lowest BCUT2D eigenvalue weighted by molar-refractivity contribution is 0.430. The smallest absolute Gasteiger partial charge is 0.278 e. The van der Waals surface area contributed by atoms with E-state index in [1.165, 1.54) is 0 Å². The zero-order valence-corrected chi connectivity index (χ0v) is 10.2. The van der Waals surface area contributed by atoms with Gasteiger partial charge in [0, 0.05) is 18.3 Å². The van der Waals surface area contributed by atoms with Crippen molar-refractivity contribution in [3.8, 4) is 23.0 Å². The van der Waals surface area contributed by atoms with Crippen LogP contribution in [0.4, 0.5) is 0 Å². The van der Waals surface area contributed by atoms with Gasteiger partial charge in [0.2, 0.25) is 5.82 Å². The van der Waals surface area contributed by atoms with Crippen molar-refractivity contribution >= 4 is 0 Å². The Hall–Kier alpha value is -2.43. The van der Waals surface area contributed by atoms with Gasteiger partial charge in [-0.2, -0.15) is 10.1 Å². The molecule has 0 atom stereocenters. The topological polar surface area (TPSA) is 56.7 Å². The summed E-state index contributed by atoms with van der Waals surface area (Å²) in [7, 11) is 1.88. The third-order valence-corrected chi connectivity index (χ3v) is 2.79. The average Bonchev–Trinajstić information content (AvgIpc) is 2.99. The molecular formula is C13H12N4O. The summed E-state index contributed by atoms with van der Waals surface area (Å²) in [6.07, 6.45) is 0. The van der Waals surface area contributed by atoms with Crippen LogP contribution in [0.3, 0.4) is 0 Å². The van der Waals surface area contributed by atoms with Crippen molar-refractivity contribution in [3.05, 3.63) is 42.1 Å². The predicted molar refractivity (Wildman–Crippen MR) is 66.7 cm³/mol. The molecule has 2 heterocycles. The Labute approximate surface area is 104 Å². The van der Waals surface area contributed by atoms with E-state index in [1.54, 1.807) is 4.68 Å². The molecule has 0 bridgehead atoms. The van der Waals surface area contributed by atoms with Crippen LogP contribution in [0.15, 0.2) is 40.9 Å². The quantitative estimate of drug-likeness (QED) is 0.690. The molecule has 0 saturated heterocycles. The first kappa shape index (κ1) is 10.7. The van der Waals surface area contributed by atoms with Gasteiger partial charge < -0.3 is 4.52 Å². The van der Waals surface area contributed by atoms with Gasteiger partial charge >= 0.3 is 0 Å². The monoisotopic (exact) mass is 240 g/mol. The van der Waals surface area contributed by atoms with E-state index in [4.69, 9.17) is 4.52 Å². The maximum absolute atomic E-state index is 5.24. The first-order valence-corrected chi connectivity index (χ1v) is 5.64. The van der Waals surface area contributed by atoms with Gasteiger partial charge in [0.15, 0.2) is 5.69 Å². The normalized spacial score (nSPS) is 10.8. The Morgan fingerprint density at radius 2 is 1.94 bits per heavy atom. The summed E-state index contributed by atoms with van der Waals surface area (Å²) >= 11 is 0. The Morgan fingerprint density at radius 1 is 1.17 bits per heavy atom. The highest BCUT2D eigenvalue weighted by Gasteiger charge is 2.13. The molecule has 3 rings (SSSR count). The highest BCUT2D eigenvalue weighted by atomic mass is 16.5. The molecule has 0 aliphatic heterocycles. The number of rotatable bonds is 2. The van der Waals surface area contributed by atoms with Crippen LogP contribution in [0.5, 0.6) is 0 Å². The molecule has 0 spiro atoms. The van der Waals surface area contributed by atoms with Gasteiger partial charge in [-0.3, -0.25) is 4.68 Å². The number of aromatic nitrogens is 4. The second-order valence-electron chi connectivity index (χ2n) is 4.08. The minimum atomic E-state index is 0.442. The molecule has 0 fully saturated rings. The Morgan fingerprint density at radius 3 is 2.61 bits per heavy atom. The summed E-state index contributed by atoms with van der Waals surface area (Å²) in [5.74, 6) is 1.02. The highest BCUT2D eigenvalue weighted by Crippen LogP contribution is 2.21. The van der Waals surface area contributed by atoms with Crippen molar-refractivity contribution in [3.63, 3.8) is 0 Å². The number of nitrogens with zero attached hydrogens (tertiary/aromatic N) is 4. The van der Waals surface area contributed by atoms with Gasteiger partial charge in [0.25, 0.3) is 5.89 Å². The molecule has 0 radical (unpaired) electrons. The lowest BCUT2D eigenvalue weighted by Gasteiger charge is -1.90. The Balaban J connectivity index is 1.99. The largest absolute Gasteiger partial charge is 0.332 e. The van der Waals surface area contributed by atoms with Crippen molar-refractivity contribution in [1.29, 1.82) is 0 Å². The fourth-order valence-corrected chi connectivity index (χ4v) is 1.70. The lowest BCUT2D eigenvalue weighted by Crippen LogP contribution is -1.92. The molecule has 0 amide bonds. The van der Waals surface area contributed by atoms with Gasteiger partial charge in [0.1, 0.15) is 0 Å². The van der Waals surface area contributed by atoms with Crippen molar-refractivity contribution in [2.45, 2.75) is 6.92 Å². The van der Waals surface area contributed by atoms with Gasteiger partial charge in [-0.25, -0.2) is 0 Å². The standard InChI is InChI=1S/C13H12N4O/c1-9-8-11(15-17(9)2)13-14-12(16-18-13)10-6-4-3-5-7-10/h3-8H,1-2H3. The first-order chi connectivity index (χ1) is 8.74. The van der Waals surface area contributed by atoms with Crippen LogP contribution in [-0.2, 0) is 7.05 Å². The Bertz CT molecular complexity index is 650. The van der Waals surface area contributed by atoms with E-state index < -0.39 is 0 Å².